The van der Waals surface area contributed by atoms with Crippen molar-refractivity contribution in [2.45, 2.75) is 0 Å². The van der Waals surface area contributed by atoms with Gasteiger partial charge in [-0.2, -0.15) is 0 Å². The molecule has 6 heteroatoms. The first-order valence-corrected chi connectivity index (χ1v) is 17.5. The maximum absolute atomic E-state index is 4.89. The zero-order valence-corrected chi connectivity index (χ0v) is 27.2. The van der Waals surface area contributed by atoms with Gasteiger partial charge in [-0.25, -0.2) is 9.97 Å². The fourth-order valence-corrected chi connectivity index (χ4v) is 7.73. The van der Waals surface area contributed by atoms with Gasteiger partial charge in [0.15, 0.2) is 0 Å². The van der Waals surface area contributed by atoms with Gasteiger partial charge in [-0.05, 0) is 73.1 Å². The van der Waals surface area contributed by atoms with Crippen LogP contribution in [0.2, 0.25) is 0 Å². The number of thiazole rings is 2. The fraction of sp³-hybridized carbons (Fsp3) is 0. The average molecular weight is 651 g/mol. The summed E-state index contributed by atoms with van der Waals surface area (Å²) in [5.74, 6) is 0. The van der Waals surface area contributed by atoms with E-state index in [1.54, 1.807) is 22.7 Å². The lowest BCUT2D eigenvalue weighted by atomic mass is 9.84. The molecule has 0 radical (unpaired) electrons. The van der Waals surface area contributed by atoms with Crippen molar-refractivity contribution in [2.24, 2.45) is 0 Å². The summed E-state index contributed by atoms with van der Waals surface area (Å²) in [7, 11) is 0. The minimum Gasteiger partial charge on any atom is -0.254 e. The Morgan fingerprint density at radius 1 is 0.354 bits per heavy atom. The summed E-state index contributed by atoms with van der Waals surface area (Å²) in [5.41, 5.74) is 16.4. The van der Waals surface area contributed by atoms with E-state index in [2.05, 4.69) is 131 Å². The van der Waals surface area contributed by atoms with E-state index in [9.17, 15) is 0 Å². The second kappa shape index (κ2) is 12.1. The molecule has 0 saturated heterocycles. The van der Waals surface area contributed by atoms with Gasteiger partial charge in [0, 0.05) is 34.3 Å². The van der Waals surface area contributed by atoms with Crippen LogP contribution in [0.5, 0.6) is 0 Å². The number of nitrogens with zero attached hydrogens (tertiary/aromatic N) is 4. The van der Waals surface area contributed by atoms with Gasteiger partial charge in [0.05, 0.1) is 33.8 Å². The Labute approximate surface area is 285 Å². The first-order chi connectivity index (χ1) is 23.8. The monoisotopic (exact) mass is 650 g/mol. The summed E-state index contributed by atoms with van der Waals surface area (Å²) in [4.78, 5) is 18.7. The molecule has 9 aromatic rings. The highest BCUT2D eigenvalue weighted by Gasteiger charge is 2.19. The van der Waals surface area contributed by atoms with Crippen LogP contribution in [0.25, 0.3) is 88.8 Å². The average Bonchev–Trinajstić information content (AvgIpc) is 3.91. The van der Waals surface area contributed by atoms with Crippen LogP contribution in [-0.4, -0.2) is 19.9 Å². The zero-order chi connectivity index (χ0) is 31.9. The molecule has 0 spiro atoms. The summed E-state index contributed by atoms with van der Waals surface area (Å²) in [6.45, 7) is 0. The molecular weight excluding hydrogens is 625 g/mol. The third kappa shape index (κ3) is 4.99. The number of pyridine rings is 2. The fourth-order valence-electron chi connectivity index (χ4n) is 6.64. The predicted octanol–water partition coefficient (Wildman–Crippen LogP) is 11.7. The van der Waals surface area contributed by atoms with E-state index in [-0.39, 0.29) is 0 Å². The molecule has 0 unspecified atom stereocenters. The van der Waals surface area contributed by atoms with Gasteiger partial charge >= 0.3 is 0 Å². The van der Waals surface area contributed by atoms with Crippen LogP contribution in [0, 0.1) is 0 Å². The Balaban J connectivity index is 1.31. The first-order valence-electron chi connectivity index (χ1n) is 15.6. The van der Waals surface area contributed by atoms with Gasteiger partial charge in [-0.3, -0.25) is 9.97 Å². The van der Waals surface area contributed by atoms with Crippen molar-refractivity contribution >= 4 is 44.2 Å². The lowest BCUT2D eigenvalue weighted by molar-refractivity contribution is 1.28. The van der Waals surface area contributed by atoms with E-state index in [4.69, 9.17) is 9.97 Å². The Bertz CT molecular complexity index is 2520. The molecule has 0 atom stereocenters. The van der Waals surface area contributed by atoms with Gasteiger partial charge < -0.3 is 0 Å². The molecule has 0 bridgehead atoms. The van der Waals surface area contributed by atoms with Crippen molar-refractivity contribution in [1.29, 1.82) is 0 Å². The highest BCUT2D eigenvalue weighted by Crippen LogP contribution is 2.45. The Morgan fingerprint density at radius 2 is 0.854 bits per heavy atom. The summed E-state index contributed by atoms with van der Waals surface area (Å²) < 4.78 is 0. The quantitative estimate of drug-likeness (QED) is 0.168. The smallest absolute Gasteiger partial charge is 0.0995 e. The van der Waals surface area contributed by atoms with Crippen molar-refractivity contribution in [3.05, 3.63) is 156 Å². The Morgan fingerprint density at radius 3 is 1.40 bits per heavy atom. The number of rotatable bonds is 6. The summed E-state index contributed by atoms with van der Waals surface area (Å²) >= 11 is 3.16. The van der Waals surface area contributed by atoms with E-state index in [1.807, 2.05) is 34.2 Å². The molecule has 0 aliphatic rings. The van der Waals surface area contributed by atoms with Crippen LogP contribution < -0.4 is 0 Å². The molecule has 4 nitrogen and oxygen atoms in total. The van der Waals surface area contributed by atoms with Crippen molar-refractivity contribution in [3.63, 3.8) is 0 Å². The Kier molecular flexibility index (Phi) is 7.15. The lowest BCUT2D eigenvalue weighted by Crippen LogP contribution is -1.94. The number of hydrogen-bond acceptors (Lipinski definition) is 6. The highest BCUT2D eigenvalue weighted by molar-refractivity contribution is 7.08. The second-order valence-electron chi connectivity index (χ2n) is 11.6. The second-order valence-corrected chi connectivity index (χ2v) is 13.0. The first kappa shape index (κ1) is 28.4. The number of hydrogen-bond donors (Lipinski definition) is 0. The summed E-state index contributed by atoms with van der Waals surface area (Å²) in [6.07, 6.45) is 3.97. The van der Waals surface area contributed by atoms with Gasteiger partial charge in [-0.15, -0.1) is 22.7 Å². The summed E-state index contributed by atoms with van der Waals surface area (Å²) in [6, 6.07) is 43.3. The van der Waals surface area contributed by atoms with Crippen LogP contribution in [-0.2, 0) is 0 Å². The van der Waals surface area contributed by atoms with Crippen molar-refractivity contribution in [2.75, 3.05) is 0 Å². The van der Waals surface area contributed by atoms with Crippen molar-refractivity contribution < 1.29 is 0 Å². The molecule has 5 aromatic carbocycles. The third-order valence-corrected chi connectivity index (χ3v) is 10.0. The standard InChI is InChI=1S/C42H26N4S2/c1-2-8-27(9-3-1)31-10-4-5-11-32(31)28-14-17-35-36(20-28)42(30-16-19-38(44-22-30)40-24-48-26-46-40)34-13-7-6-12-33(34)41(35)29-15-18-37(43-21-29)39-23-47-25-45-39/h1-26H. The molecule has 0 N–H and O–H groups in total. The van der Waals surface area contributed by atoms with E-state index in [0.717, 1.165) is 61.4 Å². The molecule has 0 amide bonds. The van der Waals surface area contributed by atoms with E-state index >= 15 is 0 Å². The van der Waals surface area contributed by atoms with E-state index < -0.39 is 0 Å². The topological polar surface area (TPSA) is 51.6 Å². The number of aromatic nitrogens is 4. The molecule has 226 valence electrons. The molecule has 0 aliphatic heterocycles. The lowest BCUT2D eigenvalue weighted by Gasteiger charge is -2.19. The molecule has 48 heavy (non-hydrogen) atoms. The van der Waals surface area contributed by atoms with Gasteiger partial charge in [0.2, 0.25) is 0 Å². The minimum atomic E-state index is 0.869. The van der Waals surface area contributed by atoms with Crippen LogP contribution in [0.4, 0.5) is 0 Å². The molecule has 0 fully saturated rings. The highest BCUT2D eigenvalue weighted by atomic mass is 32.1. The predicted molar refractivity (Wildman–Crippen MR) is 201 cm³/mol. The van der Waals surface area contributed by atoms with E-state index in [1.165, 1.54) is 27.5 Å². The molecular formula is C42H26N4S2. The third-order valence-electron chi connectivity index (χ3n) is 8.84. The largest absolute Gasteiger partial charge is 0.254 e. The SMILES string of the molecule is c1ccc(-c2ccccc2-c2ccc3c(-c4ccc(-c5cscn5)nc4)c4ccccc4c(-c4ccc(-c5cscn5)nc4)c3c2)cc1. The van der Waals surface area contributed by atoms with Crippen LogP contribution in [0.15, 0.2) is 156 Å². The van der Waals surface area contributed by atoms with Crippen LogP contribution in [0.1, 0.15) is 0 Å². The van der Waals surface area contributed by atoms with Gasteiger partial charge in [0.25, 0.3) is 0 Å². The molecule has 0 aliphatic carbocycles. The van der Waals surface area contributed by atoms with Gasteiger partial charge in [-0.1, -0.05) is 103 Å². The van der Waals surface area contributed by atoms with Crippen LogP contribution in [0.3, 0.4) is 0 Å². The van der Waals surface area contributed by atoms with E-state index in [0.29, 0.717) is 0 Å². The normalized spacial score (nSPS) is 11.3. The van der Waals surface area contributed by atoms with Crippen molar-refractivity contribution in [3.8, 4) is 67.3 Å². The number of fused-ring (bicyclic) bond motifs is 2. The minimum absolute atomic E-state index is 0.869. The zero-order valence-electron chi connectivity index (χ0n) is 25.6. The summed E-state index contributed by atoms with van der Waals surface area (Å²) in [5, 5.41) is 8.73. The number of benzene rings is 5. The molecule has 0 saturated carbocycles. The maximum Gasteiger partial charge on any atom is 0.0995 e. The van der Waals surface area contributed by atoms with Gasteiger partial charge in [0.1, 0.15) is 0 Å². The maximum atomic E-state index is 4.89. The Hall–Kier alpha value is -5.82. The van der Waals surface area contributed by atoms with Crippen LogP contribution >= 0.6 is 22.7 Å². The van der Waals surface area contributed by atoms with Crippen molar-refractivity contribution in [1.82, 2.24) is 19.9 Å². The molecule has 4 aromatic heterocycles. The molecule has 4 heterocycles. The molecule has 9 rings (SSSR count).